The van der Waals surface area contributed by atoms with Crippen LogP contribution in [0.3, 0.4) is 0 Å². The molecule has 6 atom stereocenters. The molecule has 1 aromatic carbocycles. The highest BCUT2D eigenvalue weighted by Crippen LogP contribution is 2.60. The van der Waals surface area contributed by atoms with Crippen molar-refractivity contribution in [1.82, 2.24) is 15.8 Å². The van der Waals surface area contributed by atoms with E-state index in [2.05, 4.69) is 42.7 Å². The van der Waals surface area contributed by atoms with Crippen molar-refractivity contribution in [3.63, 3.8) is 0 Å². The first-order valence-corrected chi connectivity index (χ1v) is 12.1. The summed E-state index contributed by atoms with van der Waals surface area (Å²) in [5.74, 6) is -2.85. The highest BCUT2D eigenvalue weighted by Gasteiger charge is 2.66. The number of hydrogen-bond acceptors (Lipinski definition) is 6. The lowest BCUT2D eigenvalue weighted by molar-refractivity contribution is -0.150. The fourth-order valence-electron chi connectivity index (χ4n) is 4.88. The fraction of sp³-hybridized carbons (Fsp3) is 0.476. The maximum atomic E-state index is 12.8. The second-order valence-corrected chi connectivity index (χ2v) is 10.2. The molecule has 3 aliphatic rings. The number of amides is 4. The highest BCUT2D eigenvalue weighted by molar-refractivity contribution is 9.12. The molecule has 1 saturated heterocycles. The number of halogens is 2. The van der Waals surface area contributed by atoms with Crippen molar-refractivity contribution in [2.24, 2.45) is 23.7 Å². The summed E-state index contributed by atoms with van der Waals surface area (Å²) in [6, 6.07) is 8.29. The maximum Gasteiger partial charge on any atom is 0.308 e. The van der Waals surface area contributed by atoms with Gasteiger partial charge in [-0.25, -0.2) is 0 Å². The fourth-order valence-corrected chi connectivity index (χ4v) is 6.75. The van der Waals surface area contributed by atoms with E-state index in [1.165, 1.54) is 0 Å². The molecule has 4 rings (SSSR count). The van der Waals surface area contributed by atoms with Crippen LogP contribution in [-0.4, -0.2) is 57.3 Å². The number of rotatable bonds is 6. The molecule has 0 radical (unpaired) electrons. The van der Waals surface area contributed by atoms with Crippen molar-refractivity contribution in [3.05, 3.63) is 35.9 Å². The molecule has 2 aliphatic carbocycles. The molecule has 11 heteroatoms. The lowest BCUT2D eigenvalue weighted by atomic mass is 9.81. The van der Waals surface area contributed by atoms with Crippen LogP contribution in [0.4, 0.5) is 0 Å². The number of nitrogens with zero attached hydrogens (tertiary/aromatic N) is 1. The minimum absolute atomic E-state index is 0.0742. The second kappa shape index (κ2) is 9.30. The molecule has 9 nitrogen and oxygen atoms in total. The van der Waals surface area contributed by atoms with Crippen LogP contribution < -0.4 is 10.9 Å². The van der Waals surface area contributed by atoms with E-state index in [-0.39, 0.29) is 58.1 Å². The van der Waals surface area contributed by atoms with Gasteiger partial charge in [-0.3, -0.25) is 39.7 Å². The smallest absolute Gasteiger partial charge is 0.308 e. The summed E-state index contributed by atoms with van der Waals surface area (Å²) >= 11 is 7.26. The average Bonchev–Trinajstić information content (AvgIpc) is 3.40. The molecule has 2 saturated carbocycles. The van der Waals surface area contributed by atoms with Gasteiger partial charge >= 0.3 is 5.97 Å². The van der Waals surface area contributed by atoms with E-state index >= 15 is 0 Å². The van der Waals surface area contributed by atoms with Crippen molar-refractivity contribution in [2.75, 3.05) is 13.2 Å². The number of ether oxygens (including phenoxy) is 1. The molecule has 1 aromatic rings. The number of hydrazine groups is 1. The maximum absolute atomic E-state index is 12.8. The number of likely N-dealkylation sites (tertiary alicyclic amines) is 1. The Kier molecular flexibility index (Phi) is 6.66. The number of nitrogens with one attached hydrogen (secondary N) is 2. The molecule has 1 aliphatic heterocycles. The van der Waals surface area contributed by atoms with Crippen LogP contribution in [0.1, 0.15) is 23.2 Å². The van der Waals surface area contributed by atoms with Crippen LogP contribution in [0, 0.1) is 23.7 Å². The van der Waals surface area contributed by atoms with Crippen molar-refractivity contribution >= 4 is 61.5 Å². The quantitative estimate of drug-likeness (QED) is 0.229. The molecular weight excluding hydrogens is 550 g/mol. The normalized spacial score (nSPS) is 30.2. The second-order valence-electron chi connectivity index (χ2n) is 8.11. The van der Waals surface area contributed by atoms with E-state index in [1.54, 1.807) is 30.3 Å². The first-order valence-electron chi connectivity index (χ1n) is 10.2. The summed E-state index contributed by atoms with van der Waals surface area (Å²) in [5.41, 5.74) is 4.74. The van der Waals surface area contributed by atoms with Gasteiger partial charge in [0.15, 0.2) is 6.61 Å². The van der Waals surface area contributed by atoms with Crippen molar-refractivity contribution in [3.8, 4) is 0 Å². The van der Waals surface area contributed by atoms with E-state index in [1.807, 2.05) is 0 Å². The van der Waals surface area contributed by atoms with Crippen LogP contribution in [0.15, 0.2) is 30.3 Å². The van der Waals surface area contributed by atoms with Crippen molar-refractivity contribution in [1.29, 1.82) is 0 Å². The Hall–Kier alpha value is -2.27. The van der Waals surface area contributed by atoms with Gasteiger partial charge in [0, 0.05) is 21.8 Å². The number of benzene rings is 1. The SMILES string of the molecule is O=C(COC(=O)CCN1C(=O)[C@@H]2[C@H]3C[C@@H]([C@@H](Br)[C@H]3Br)[C@H]2C1=O)NNC(=O)c1ccccc1. The number of imide groups is 1. The van der Waals surface area contributed by atoms with Gasteiger partial charge in [0.05, 0.1) is 18.3 Å². The number of hydrogen-bond donors (Lipinski definition) is 2. The van der Waals surface area contributed by atoms with E-state index in [4.69, 9.17) is 4.74 Å². The Bertz CT molecular complexity index is 926. The Labute approximate surface area is 200 Å². The van der Waals surface area contributed by atoms with E-state index < -0.39 is 24.4 Å². The first kappa shape index (κ1) is 22.9. The minimum atomic E-state index is -0.716. The monoisotopic (exact) mass is 569 g/mol. The molecule has 2 N–H and O–H groups in total. The average molecular weight is 571 g/mol. The zero-order chi connectivity index (χ0) is 23.0. The van der Waals surface area contributed by atoms with Gasteiger partial charge in [0.25, 0.3) is 11.8 Å². The van der Waals surface area contributed by atoms with E-state index in [0.29, 0.717) is 5.56 Å². The molecule has 2 bridgehead atoms. The van der Waals surface area contributed by atoms with E-state index in [9.17, 15) is 24.0 Å². The lowest BCUT2D eigenvalue weighted by Crippen LogP contribution is -2.43. The Morgan fingerprint density at radius 1 is 0.969 bits per heavy atom. The van der Waals surface area contributed by atoms with Gasteiger partial charge in [-0.2, -0.15) is 0 Å². The van der Waals surface area contributed by atoms with Crippen LogP contribution in [-0.2, 0) is 23.9 Å². The summed E-state index contributed by atoms with van der Waals surface area (Å²) < 4.78 is 4.89. The molecule has 0 unspecified atom stereocenters. The molecule has 170 valence electrons. The van der Waals surface area contributed by atoms with Gasteiger partial charge < -0.3 is 4.74 Å². The molecule has 32 heavy (non-hydrogen) atoms. The number of carbonyl (C=O) groups is 5. The van der Waals surface area contributed by atoms with Gasteiger partial charge in [0.2, 0.25) is 11.8 Å². The standard InChI is InChI=1S/C21H21Br2N3O6/c22-17-11-8-12(18(17)23)16-15(11)20(30)26(21(16)31)7-6-14(28)32-9-13(27)24-25-19(29)10-4-2-1-3-5-10/h1-5,11-12,15-18H,6-9H2,(H,24,27)(H,25,29)/t11-,12-,15-,16-,17-,18+/m1/s1. The van der Waals surface area contributed by atoms with Crippen LogP contribution in [0.25, 0.3) is 0 Å². The number of esters is 1. The molecule has 0 aromatic heterocycles. The van der Waals surface area contributed by atoms with Crippen molar-refractivity contribution in [2.45, 2.75) is 22.5 Å². The zero-order valence-corrected chi connectivity index (χ0v) is 20.0. The van der Waals surface area contributed by atoms with E-state index in [0.717, 1.165) is 11.3 Å². The highest BCUT2D eigenvalue weighted by atomic mass is 79.9. The molecular formula is C21H21Br2N3O6. The zero-order valence-electron chi connectivity index (χ0n) is 16.8. The lowest BCUT2D eigenvalue weighted by Gasteiger charge is -2.28. The molecule has 3 fully saturated rings. The summed E-state index contributed by atoms with van der Waals surface area (Å²) in [5, 5.41) is 0. The Morgan fingerprint density at radius 3 is 2.16 bits per heavy atom. The van der Waals surface area contributed by atoms with Crippen LogP contribution in [0.5, 0.6) is 0 Å². The summed E-state index contributed by atoms with van der Waals surface area (Å²) in [7, 11) is 0. The van der Waals surface area contributed by atoms with Gasteiger partial charge in [-0.1, -0.05) is 50.1 Å². The third-order valence-electron chi connectivity index (χ3n) is 6.33. The largest absolute Gasteiger partial charge is 0.455 e. The van der Waals surface area contributed by atoms with Gasteiger partial charge in [0.1, 0.15) is 0 Å². The number of carbonyl (C=O) groups excluding carboxylic acids is 5. The third-order valence-corrected chi connectivity index (χ3v) is 9.54. The predicted molar refractivity (Wildman–Crippen MR) is 118 cm³/mol. The third kappa shape index (κ3) is 4.19. The van der Waals surface area contributed by atoms with Crippen LogP contribution >= 0.6 is 31.9 Å². The number of alkyl halides is 2. The summed E-state index contributed by atoms with van der Waals surface area (Å²) in [6.07, 6.45) is 0.635. The summed E-state index contributed by atoms with van der Waals surface area (Å²) in [4.78, 5) is 62.7. The topological polar surface area (TPSA) is 122 Å². The minimum Gasteiger partial charge on any atom is -0.455 e. The molecule has 4 amide bonds. The Morgan fingerprint density at radius 2 is 1.56 bits per heavy atom. The summed E-state index contributed by atoms with van der Waals surface area (Å²) in [6.45, 7) is -0.670. The predicted octanol–water partition coefficient (Wildman–Crippen LogP) is 1.16. The number of fused-ring (bicyclic) bond motifs is 5. The Balaban J connectivity index is 1.20. The first-order chi connectivity index (χ1) is 15.3. The molecule has 1 heterocycles. The van der Waals surface area contributed by atoms with Gasteiger partial charge in [-0.15, -0.1) is 0 Å². The molecule has 0 spiro atoms. The van der Waals surface area contributed by atoms with Crippen molar-refractivity contribution < 1.29 is 28.7 Å². The van der Waals surface area contributed by atoms with Crippen LogP contribution in [0.2, 0.25) is 0 Å². The van der Waals surface area contributed by atoms with Gasteiger partial charge in [-0.05, 0) is 30.4 Å².